The van der Waals surface area contributed by atoms with Crippen molar-refractivity contribution < 1.29 is 4.79 Å². The number of nitrogens with zero attached hydrogens (tertiary/aromatic N) is 1. The fraction of sp³-hybridized carbons (Fsp3) is 0.481. The number of carbonyl (C=O) groups excluding carboxylic acids is 1. The summed E-state index contributed by atoms with van der Waals surface area (Å²) < 4.78 is 0. The minimum atomic E-state index is -0.618. The van der Waals surface area contributed by atoms with Crippen LogP contribution in [0.2, 0.25) is 0 Å². The van der Waals surface area contributed by atoms with Gasteiger partial charge in [0.2, 0.25) is 5.91 Å². The molecule has 1 fully saturated rings. The van der Waals surface area contributed by atoms with Gasteiger partial charge in [0.25, 0.3) is 0 Å². The normalized spacial score (nSPS) is 19.5. The van der Waals surface area contributed by atoms with Gasteiger partial charge in [-0.3, -0.25) is 9.78 Å². The number of hydrogen-bond acceptors (Lipinski definition) is 3. The molecule has 3 aromatic rings. The number of rotatable bonds is 5. The van der Waals surface area contributed by atoms with E-state index in [2.05, 4.69) is 59.5 Å². The topological polar surface area (TPSA) is 83.8 Å². The predicted octanol–water partition coefficient (Wildman–Crippen LogP) is 5.33. The molecule has 4 rings (SSSR count). The SMILES string of the molecule is Cc1cc(-c2[nH]c3ccc(C(C)(C)C(=O)NC4CCC(N)CC4)cc3c2C(C)C)ccn1. The molecule has 2 heterocycles. The monoisotopic (exact) mass is 432 g/mol. The molecule has 32 heavy (non-hydrogen) atoms. The molecule has 0 saturated heterocycles. The zero-order valence-electron chi connectivity index (χ0n) is 20.0. The molecule has 4 N–H and O–H groups in total. The molecule has 1 aliphatic carbocycles. The standard InChI is InChI=1S/C27H36N4O/c1-16(2)24-22-15-19(27(4,5)26(32)30-21-9-7-20(28)8-10-21)6-11-23(22)31-25(24)18-12-13-29-17(3)14-18/h6,11-16,20-21,31H,7-10,28H2,1-5H3,(H,30,32). The smallest absolute Gasteiger partial charge is 0.230 e. The van der Waals surface area contributed by atoms with Gasteiger partial charge in [-0.1, -0.05) is 19.9 Å². The Kier molecular flexibility index (Phi) is 6.13. The molecule has 0 unspecified atom stereocenters. The molecule has 1 saturated carbocycles. The fourth-order valence-electron chi connectivity index (χ4n) is 4.89. The predicted molar refractivity (Wildman–Crippen MR) is 132 cm³/mol. The average molecular weight is 433 g/mol. The van der Waals surface area contributed by atoms with Crippen molar-refractivity contribution in [3.8, 4) is 11.3 Å². The highest BCUT2D eigenvalue weighted by Gasteiger charge is 2.33. The van der Waals surface area contributed by atoms with Gasteiger partial charge in [0.15, 0.2) is 0 Å². The van der Waals surface area contributed by atoms with Gasteiger partial charge in [0.1, 0.15) is 0 Å². The maximum absolute atomic E-state index is 13.3. The van der Waals surface area contributed by atoms with Crippen LogP contribution in [0.1, 0.15) is 76.1 Å². The number of nitrogens with two attached hydrogens (primary N) is 1. The average Bonchev–Trinajstić information content (AvgIpc) is 3.14. The van der Waals surface area contributed by atoms with Crippen molar-refractivity contribution >= 4 is 16.8 Å². The second kappa shape index (κ2) is 8.70. The van der Waals surface area contributed by atoms with E-state index in [9.17, 15) is 4.79 Å². The van der Waals surface area contributed by atoms with Crippen LogP contribution in [0.5, 0.6) is 0 Å². The third kappa shape index (κ3) is 4.31. The highest BCUT2D eigenvalue weighted by atomic mass is 16.2. The number of fused-ring (bicyclic) bond motifs is 1. The number of nitrogens with one attached hydrogen (secondary N) is 2. The molecule has 5 heteroatoms. The van der Waals surface area contributed by atoms with E-state index in [1.807, 2.05) is 27.0 Å². The molecule has 1 amide bonds. The third-order valence-electron chi connectivity index (χ3n) is 7.00. The Hall–Kier alpha value is -2.66. The molecule has 0 atom stereocenters. The lowest BCUT2D eigenvalue weighted by Gasteiger charge is -2.31. The fourth-order valence-corrected chi connectivity index (χ4v) is 4.89. The summed E-state index contributed by atoms with van der Waals surface area (Å²) >= 11 is 0. The first-order chi connectivity index (χ1) is 15.2. The summed E-state index contributed by atoms with van der Waals surface area (Å²) in [4.78, 5) is 21.2. The van der Waals surface area contributed by atoms with E-state index in [-0.39, 0.29) is 18.0 Å². The minimum absolute atomic E-state index is 0.0870. The zero-order valence-corrected chi connectivity index (χ0v) is 20.0. The van der Waals surface area contributed by atoms with Gasteiger partial charge in [-0.2, -0.15) is 0 Å². The van der Waals surface area contributed by atoms with E-state index < -0.39 is 5.41 Å². The van der Waals surface area contributed by atoms with E-state index in [1.165, 1.54) is 10.9 Å². The van der Waals surface area contributed by atoms with Crippen LogP contribution in [0.15, 0.2) is 36.5 Å². The number of benzene rings is 1. The lowest BCUT2D eigenvalue weighted by atomic mass is 9.81. The first kappa shape index (κ1) is 22.5. The summed E-state index contributed by atoms with van der Waals surface area (Å²) in [5.74, 6) is 0.426. The van der Waals surface area contributed by atoms with Crippen molar-refractivity contribution in [2.24, 2.45) is 5.73 Å². The van der Waals surface area contributed by atoms with E-state index in [4.69, 9.17) is 5.73 Å². The molecule has 0 bridgehead atoms. The van der Waals surface area contributed by atoms with Crippen molar-refractivity contribution in [3.63, 3.8) is 0 Å². The molecule has 0 spiro atoms. The summed E-state index contributed by atoms with van der Waals surface area (Å²) in [5.41, 5.74) is 12.1. The minimum Gasteiger partial charge on any atom is -0.354 e. The lowest BCUT2D eigenvalue weighted by molar-refractivity contribution is -0.126. The number of H-pyrrole nitrogens is 1. The number of carbonyl (C=O) groups is 1. The number of aromatic amines is 1. The van der Waals surface area contributed by atoms with Gasteiger partial charge in [-0.15, -0.1) is 0 Å². The Morgan fingerprint density at radius 2 is 1.88 bits per heavy atom. The molecule has 1 aliphatic rings. The first-order valence-electron chi connectivity index (χ1n) is 11.8. The Morgan fingerprint density at radius 3 is 2.53 bits per heavy atom. The summed E-state index contributed by atoms with van der Waals surface area (Å²) in [7, 11) is 0. The van der Waals surface area contributed by atoms with Crippen molar-refractivity contribution in [2.45, 2.75) is 83.7 Å². The Bertz CT molecular complexity index is 1120. The summed E-state index contributed by atoms with van der Waals surface area (Å²) in [6, 6.07) is 11.1. The van der Waals surface area contributed by atoms with Crippen LogP contribution >= 0.6 is 0 Å². The largest absolute Gasteiger partial charge is 0.354 e. The molecule has 0 aliphatic heterocycles. The number of pyridine rings is 1. The molecule has 2 aromatic heterocycles. The lowest BCUT2D eigenvalue weighted by Crippen LogP contribution is -2.47. The van der Waals surface area contributed by atoms with Gasteiger partial charge in [-0.25, -0.2) is 0 Å². The maximum atomic E-state index is 13.3. The number of amides is 1. The van der Waals surface area contributed by atoms with Crippen LogP contribution in [0, 0.1) is 6.92 Å². The van der Waals surface area contributed by atoms with E-state index in [0.717, 1.165) is 53.7 Å². The molecule has 0 radical (unpaired) electrons. The quantitative estimate of drug-likeness (QED) is 0.510. The van der Waals surface area contributed by atoms with Crippen molar-refractivity contribution in [1.29, 1.82) is 0 Å². The van der Waals surface area contributed by atoms with Gasteiger partial charge < -0.3 is 16.0 Å². The molecular weight excluding hydrogens is 396 g/mol. The van der Waals surface area contributed by atoms with Gasteiger partial charge in [0.05, 0.1) is 11.1 Å². The van der Waals surface area contributed by atoms with Crippen molar-refractivity contribution in [2.75, 3.05) is 0 Å². The second-order valence-corrected chi connectivity index (χ2v) is 10.2. The molecule has 5 nitrogen and oxygen atoms in total. The van der Waals surface area contributed by atoms with Crippen LogP contribution in [0.25, 0.3) is 22.2 Å². The summed E-state index contributed by atoms with van der Waals surface area (Å²) in [6.45, 7) is 10.5. The summed E-state index contributed by atoms with van der Waals surface area (Å²) in [6.07, 6.45) is 5.75. The highest BCUT2D eigenvalue weighted by Crippen LogP contribution is 2.38. The van der Waals surface area contributed by atoms with Gasteiger partial charge in [-0.05, 0) is 87.8 Å². The third-order valence-corrected chi connectivity index (χ3v) is 7.00. The van der Waals surface area contributed by atoms with Crippen molar-refractivity contribution in [3.05, 3.63) is 53.3 Å². The number of aromatic nitrogens is 2. The number of aryl methyl sites for hydroxylation is 1. The van der Waals surface area contributed by atoms with Crippen LogP contribution in [-0.4, -0.2) is 28.0 Å². The second-order valence-electron chi connectivity index (χ2n) is 10.2. The van der Waals surface area contributed by atoms with Crippen LogP contribution < -0.4 is 11.1 Å². The van der Waals surface area contributed by atoms with E-state index >= 15 is 0 Å². The number of hydrogen-bond donors (Lipinski definition) is 3. The Labute approximate surface area is 191 Å². The van der Waals surface area contributed by atoms with Crippen LogP contribution in [0.3, 0.4) is 0 Å². The molecular formula is C27H36N4O. The van der Waals surface area contributed by atoms with Gasteiger partial charge in [0, 0.05) is 40.4 Å². The van der Waals surface area contributed by atoms with E-state index in [0.29, 0.717) is 5.92 Å². The molecule has 1 aromatic carbocycles. The highest BCUT2D eigenvalue weighted by molar-refractivity contribution is 5.94. The Morgan fingerprint density at radius 1 is 1.16 bits per heavy atom. The van der Waals surface area contributed by atoms with Crippen LogP contribution in [-0.2, 0) is 10.2 Å². The van der Waals surface area contributed by atoms with E-state index in [1.54, 1.807) is 0 Å². The maximum Gasteiger partial charge on any atom is 0.230 e. The van der Waals surface area contributed by atoms with Crippen LogP contribution in [0.4, 0.5) is 0 Å². The first-order valence-corrected chi connectivity index (χ1v) is 11.8. The zero-order chi connectivity index (χ0) is 23.0. The Balaban J connectivity index is 1.69. The van der Waals surface area contributed by atoms with Gasteiger partial charge >= 0.3 is 0 Å². The summed E-state index contributed by atoms with van der Waals surface area (Å²) in [5, 5.41) is 4.48. The van der Waals surface area contributed by atoms with Crippen molar-refractivity contribution in [1.82, 2.24) is 15.3 Å². The molecule has 170 valence electrons.